The van der Waals surface area contributed by atoms with Gasteiger partial charge in [0.15, 0.2) is 0 Å². The van der Waals surface area contributed by atoms with E-state index in [9.17, 15) is 0 Å². The molecule has 0 unspecified atom stereocenters. The van der Waals surface area contributed by atoms with Crippen LogP contribution in [-0.4, -0.2) is 30.7 Å². The predicted molar refractivity (Wildman–Crippen MR) is 38.2 cm³/mol. The van der Waals surface area contributed by atoms with Crippen molar-refractivity contribution < 1.29 is 9.19 Å². The van der Waals surface area contributed by atoms with E-state index in [1.165, 1.54) is 56.3 Å². The molecule has 2 rings (SSSR count). The third kappa shape index (κ3) is 1.17. The fourth-order valence-electron chi connectivity index (χ4n) is 2.46. The van der Waals surface area contributed by atoms with Crippen molar-refractivity contribution >= 4 is 0 Å². The Morgan fingerprint density at radius 1 is 0.600 bits per heavy atom. The summed E-state index contributed by atoms with van der Waals surface area (Å²) in [4.78, 5) is 0. The van der Waals surface area contributed by atoms with E-state index in [2.05, 4.69) is 0 Å². The first-order chi connectivity index (χ1) is 4.41. The summed E-state index contributed by atoms with van der Waals surface area (Å²) in [6.07, 6.45) is 6.00. The summed E-state index contributed by atoms with van der Waals surface area (Å²) < 4.78 is 1.50. The second-order valence-electron chi connectivity index (χ2n) is 3.65. The molecule has 0 aromatic rings. The Labute approximate surface area is 62.0 Å². The van der Waals surface area contributed by atoms with Gasteiger partial charge in [-0.25, -0.2) is 0 Å². The van der Waals surface area contributed by atoms with Gasteiger partial charge >= 0.3 is 0 Å². The minimum Gasteiger partial charge on any atom is -1.00 e. The molecule has 1 nitrogen and oxygen atoms in total. The van der Waals surface area contributed by atoms with Gasteiger partial charge in [-0.1, -0.05) is 0 Å². The molecule has 2 heteroatoms. The van der Waals surface area contributed by atoms with Crippen LogP contribution >= 0.6 is 0 Å². The first kappa shape index (κ1) is 7.99. The standard InChI is InChI=1S/C8H16N.FH/c1-2-6-9(5-1)7-3-4-8-9;/h1-8H2;1H/q+1;/p-1. The van der Waals surface area contributed by atoms with Gasteiger partial charge in [0.25, 0.3) is 0 Å². The lowest BCUT2D eigenvalue weighted by Crippen LogP contribution is -3.00. The number of nitrogens with zero attached hydrogens (tertiary/aromatic N) is 1. The maximum atomic E-state index is 1.50. The van der Waals surface area contributed by atoms with Crippen molar-refractivity contribution in [2.75, 3.05) is 26.2 Å². The molecule has 0 aliphatic carbocycles. The fourth-order valence-corrected chi connectivity index (χ4v) is 2.46. The second-order valence-corrected chi connectivity index (χ2v) is 3.65. The third-order valence-corrected chi connectivity index (χ3v) is 3.03. The first-order valence-corrected chi connectivity index (χ1v) is 4.26. The average Bonchev–Trinajstić information content (AvgIpc) is 2.45. The summed E-state index contributed by atoms with van der Waals surface area (Å²) in [5, 5.41) is 0. The van der Waals surface area contributed by atoms with Gasteiger partial charge in [-0.3, -0.25) is 0 Å². The molecule has 0 saturated carbocycles. The Morgan fingerprint density at radius 3 is 1.20 bits per heavy atom. The van der Waals surface area contributed by atoms with Gasteiger partial charge in [-0.2, -0.15) is 0 Å². The zero-order chi connectivity index (χ0) is 6.16. The number of hydrogen-bond acceptors (Lipinski definition) is 0. The van der Waals surface area contributed by atoms with Gasteiger partial charge in [0.05, 0.1) is 26.2 Å². The van der Waals surface area contributed by atoms with Gasteiger partial charge < -0.3 is 9.19 Å². The van der Waals surface area contributed by atoms with E-state index in [0.717, 1.165) is 0 Å². The summed E-state index contributed by atoms with van der Waals surface area (Å²) in [6.45, 7) is 6.00. The lowest BCUT2D eigenvalue weighted by atomic mass is 10.4. The normalized spacial score (nSPS) is 28.8. The zero-order valence-electron chi connectivity index (χ0n) is 6.48. The van der Waals surface area contributed by atoms with Gasteiger partial charge in [-0.05, 0) is 0 Å². The topological polar surface area (TPSA) is 0 Å². The number of hydrogen-bond donors (Lipinski definition) is 0. The molecule has 2 saturated heterocycles. The van der Waals surface area contributed by atoms with Crippen molar-refractivity contribution in [2.24, 2.45) is 0 Å². The van der Waals surface area contributed by atoms with Crippen molar-refractivity contribution in [3.8, 4) is 0 Å². The van der Waals surface area contributed by atoms with E-state index in [4.69, 9.17) is 0 Å². The highest BCUT2D eigenvalue weighted by Gasteiger charge is 2.34. The number of rotatable bonds is 0. The molecule has 0 amide bonds. The van der Waals surface area contributed by atoms with Crippen LogP contribution in [0, 0.1) is 0 Å². The Morgan fingerprint density at radius 2 is 0.900 bits per heavy atom. The second kappa shape index (κ2) is 2.87. The van der Waals surface area contributed by atoms with Crippen LogP contribution in [0.4, 0.5) is 0 Å². The lowest BCUT2D eigenvalue weighted by Gasteiger charge is -2.27. The van der Waals surface area contributed by atoms with Crippen molar-refractivity contribution in [1.29, 1.82) is 0 Å². The molecule has 2 aliphatic heterocycles. The first-order valence-electron chi connectivity index (χ1n) is 4.26. The highest BCUT2D eigenvalue weighted by molar-refractivity contribution is 4.60. The van der Waals surface area contributed by atoms with Gasteiger partial charge in [-0.15, -0.1) is 0 Å². The molecule has 0 aromatic heterocycles. The van der Waals surface area contributed by atoms with E-state index in [-0.39, 0.29) is 4.70 Å². The van der Waals surface area contributed by atoms with Gasteiger partial charge in [0.1, 0.15) is 0 Å². The maximum Gasteiger partial charge on any atom is 0.0788 e. The van der Waals surface area contributed by atoms with Crippen LogP contribution in [-0.2, 0) is 0 Å². The van der Waals surface area contributed by atoms with Crippen LogP contribution in [0.3, 0.4) is 0 Å². The van der Waals surface area contributed by atoms with E-state index < -0.39 is 0 Å². The highest BCUT2D eigenvalue weighted by Crippen LogP contribution is 2.25. The lowest BCUT2D eigenvalue weighted by molar-refractivity contribution is -0.904. The van der Waals surface area contributed by atoms with Crippen LogP contribution in [0.25, 0.3) is 0 Å². The van der Waals surface area contributed by atoms with Crippen LogP contribution in [0.2, 0.25) is 0 Å². The van der Waals surface area contributed by atoms with Crippen LogP contribution in [0.1, 0.15) is 25.7 Å². The molecule has 60 valence electrons. The van der Waals surface area contributed by atoms with E-state index >= 15 is 0 Å². The summed E-state index contributed by atoms with van der Waals surface area (Å²) in [5.41, 5.74) is 0. The molecule has 0 N–H and O–H groups in total. The Hall–Kier alpha value is -0.110. The molecular weight excluding hydrogens is 129 g/mol. The summed E-state index contributed by atoms with van der Waals surface area (Å²) in [7, 11) is 0. The highest BCUT2D eigenvalue weighted by atomic mass is 19.0. The van der Waals surface area contributed by atoms with Crippen LogP contribution in [0.15, 0.2) is 0 Å². The Balaban J connectivity index is 0.000000500. The predicted octanol–water partition coefficient (Wildman–Crippen LogP) is -1.61. The largest absolute Gasteiger partial charge is 1.00 e. The van der Waals surface area contributed by atoms with Crippen molar-refractivity contribution in [3.05, 3.63) is 0 Å². The summed E-state index contributed by atoms with van der Waals surface area (Å²) >= 11 is 0. The zero-order valence-corrected chi connectivity index (χ0v) is 6.48. The van der Waals surface area contributed by atoms with Crippen LogP contribution < -0.4 is 4.70 Å². The molecule has 0 aromatic carbocycles. The molecule has 10 heavy (non-hydrogen) atoms. The van der Waals surface area contributed by atoms with Crippen molar-refractivity contribution in [1.82, 2.24) is 0 Å². The fraction of sp³-hybridized carbons (Fsp3) is 1.00. The summed E-state index contributed by atoms with van der Waals surface area (Å²) in [5.74, 6) is 0. The minimum atomic E-state index is 0. The minimum absolute atomic E-state index is 0. The third-order valence-electron chi connectivity index (χ3n) is 3.03. The van der Waals surface area contributed by atoms with Gasteiger partial charge in [0, 0.05) is 25.7 Å². The summed E-state index contributed by atoms with van der Waals surface area (Å²) in [6, 6.07) is 0. The molecule has 0 bridgehead atoms. The Kier molecular flexibility index (Phi) is 2.29. The van der Waals surface area contributed by atoms with Crippen molar-refractivity contribution in [2.45, 2.75) is 25.7 Å². The molecule has 2 aliphatic rings. The monoisotopic (exact) mass is 145 g/mol. The van der Waals surface area contributed by atoms with E-state index in [1.54, 1.807) is 0 Å². The number of halogens is 1. The van der Waals surface area contributed by atoms with Crippen molar-refractivity contribution in [3.63, 3.8) is 0 Å². The molecule has 2 fully saturated rings. The molecule has 1 spiro atoms. The van der Waals surface area contributed by atoms with Gasteiger partial charge in [0.2, 0.25) is 0 Å². The van der Waals surface area contributed by atoms with Crippen LogP contribution in [0.5, 0.6) is 0 Å². The average molecular weight is 145 g/mol. The SMILES string of the molecule is C1CC[N+]2(C1)CCCC2.[F-]. The molecule has 0 radical (unpaired) electrons. The number of quaternary nitrogens is 1. The smallest absolute Gasteiger partial charge is 0.0788 e. The van der Waals surface area contributed by atoms with E-state index in [1.807, 2.05) is 0 Å². The molecule has 0 atom stereocenters. The maximum absolute atomic E-state index is 1.50. The molecule has 2 heterocycles. The molecular formula is C8H16FN. The quantitative estimate of drug-likeness (QED) is 0.360. The Bertz CT molecular complexity index is 84.3. The van der Waals surface area contributed by atoms with E-state index in [0.29, 0.717) is 0 Å².